The zero-order chi connectivity index (χ0) is 26.9. The summed E-state index contributed by atoms with van der Waals surface area (Å²) in [6.45, 7) is 0. The van der Waals surface area contributed by atoms with Crippen LogP contribution in [-0.4, -0.2) is 0 Å². The summed E-state index contributed by atoms with van der Waals surface area (Å²) < 4.78 is 6.14. The van der Waals surface area contributed by atoms with Crippen molar-refractivity contribution in [2.24, 2.45) is 0 Å². The number of para-hydroxylation sites is 1. The maximum absolute atomic E-state index is 6.14. The first-order valence-electron chi connectivity index (χ1n) is 14.1. The van der Waals surface area contributed by atoms with Gasteiger partial charge < -0.3 is 4.42 Å². The van der Waals surface area contributed by atoms with Gasteiger partial charge in [0.15, 0.2) is 0 Å². The highest BCUT2D eigenvalue weighted by atomic mass is 16.3. The lowest BCUT2D eigenvalue weighted by Crippen LogP contribution is -1.89. The summed E-state index contributed by atoms with van der Waals surface area (Å²) in [4.78, 5) is 0. The van der Waals surface area contributed by atoms with Crippen molar-refractivity contribution in [2.45, 2.75) is 0 Å². The third kappa shape index (κ3) is 3.36. The average molecular weight is 521 g/mol. The molecule has 1 heterocycles. The average Bonchev–Trinajstić information content (AvgIpc) is 3.41. The zero-order valence-corrected chi connectivity index (χ0v) is 22.3. The number of benzene rings is 8. The van der Waals surface area contributed by atoms with Crippen LogP contribution >= 0.6 is 0 Å². The molecule has 1 nitrogen and oxygen atoms in total. The van der Waals surface area contributed by atoms with Crippen molar-refractivity contribution < 1.29 is 4.42 Å². The van der Waals surface area contributed by atoms with Crippen LogP contribution < -0.4 is 0 Å². The molecule has 0 aliphatic carbocycles. The summed E-state index contributed by atoms with van der Waals surface area (Å²) in [7, 11) is 0. The number of hydrogen-bond donors (Lipinski definition) is 0. The fourth-order valence-corrected chi connectivity index (χ4v) is 6.71. The Hall–Kier alpha value is -5.40. The first-order valence-corrected chi connectivity index (χ1v) is 14.1. The van der Waals surface area contributed by atoms with Crippen LogP contribution in [0, 0.1) is 0 Å². The van der Waals surface area contributed by atoms with Crippen LogP contribution in [0.25, 0.3) is 87.3 Å². The summed E-state index contributed by atoms with van der Waals surface area (Å²) in [5, 5.41) is 12.5. The van der Waals surface area contributed by atoms with Crippen molar-refractivity contribution in [1.82, 2.24) is 0 Å². The van der Waals surface area contributed by atoms with E-state index in [9.17, 15) is 0 Å². The van der Waals surface area contributed by atoms with Gasteiger partial charge in [-0.3, -0.25) is 0 Å². The summed E-state index contributed by atoms with van der Waals surface area (Å²) in [5.74, 6) is 0. The molecular weight excluding hydrogens is 496 g/mol. The number of furan rings is 1. The molecule has 0 aliphatic heterocycles. The second kappa shape index (κ2) is 8.55. The summed E-state index contributed by atoms with van der Waals surface area (Å²) in [6.07, 6.45) is 0. The van der Waals surface area contributed by atoms with E-state index in [1.165, 1.54) is 65.3 Å². The summed E-state index contributed by atoms with van der Waals surface area (Å²) in [5.41, 5.74) is 6.78. The van der Waals surface area contributed by atoms with E-state index in [2.05, 4.69) is 133 Å². The minimum atomic E-state index is 0.921. The standard InChI is InChI=1S/C40H24O/c1-2-10-26-21-27(18-17-25(26)9-1)35-23-29-24-36(28-19-20-39-37(22-28)32-13-7-8-16-38(32)41-39)31-12-4-6-15-34(31)40(29)33-14-5-3-11-30(33)35/h1-24H. The molecule has 0 unspecified atom stereocenters. The van der Waals surface area contributed by atoms with Gasteiger partial charge in [-0.05, 0) is 102 Å². The molecule has 0 radical (unpaired) electrons. The van der Waals surface area contributed by atoms with E-state index in [0.717, 1.165) is 21.9 Å². The van der Waals surface area contributed by atoms with Gasteiger partial charge >= 0.3 is 0 Å². The van der Waals surface area contributed by atoms with Crippen molar-refractivity contribution in [3.8, 4) is 22.3 Å². The molecule has 0 atom stereocenters. The first kappa shape index (κ1) is 22.4. The zero-order valence-electron chi connectivity index (χ0n) is 22.3. The van der Waals surface area contributed by atoms with Gasteiger partial charge in [0.2, 0.25) is 0 Å². The van der Waals surface area contributed by atoms with E-state index in [0.29, 0.717) is 0 Å². The summed E-state index contributed by atoms with van der Waals surface area (Å²) in [6, 6.07) is 52.8. The Morgan fingerprint density at radius 3 is 1.59 bits per heavy atom. The van der Waals surface area contributed by atoms with Crippen LogP contribution in [0.2, 0.25) is 0 Å². The van der Waals surface area contributed by atoms with E-state index < -0.39 is 0 Å². The normalized spacial score (nSPS) is 11.9. The first-order chi connectivity index (χ1) is 20.3. The van der Waals surface area contributed by atoms with Gasteiger partial charge in [0.05, 0.1) is 0 Å². The Bertz CT molecular complexity index is 2480. The lowest BCUT2D eigenvalue weighted by atomic mass is 9.87. The molecular formula is C40H24O. The SMILES string of the molecule is c1ccc2cc(-c3cc4cc(-c5ccc6oc7ccccc7c6c5)c5ccccc5c4c4ccccc34)ccc2c1. The third-order valence-electron chi connectivity index (χ3n) is 8.61. The molecule has 0 saturated carbocycles. The molecule has 1 aromatic heterocycles. The maximum Gasteiger partial charge on any atom is 0.135 e. The Labute approximate surface area is 236 Å². The van der Waals surface area contributed by atoms with Gasteiger partial charge in [0.25, 0.3) is 0 Å². The number of fused-ring (bicyclic) bond motifs is 9. The second-order valence-corrected chi connectivity index (χ2v) is 10.9. The van der Waals surface area contributed by atoms with Gasteiger partial charge in [0.1, 0.15) is 11.2 Å². The van der Waals surface area contributed by atoms with Crippen molar-refractivity contribution >= 4 is 65.0 Å². The quantitative estimate of drug-likeness (QED) is 0.207. The Morgan fingerprint density at radius 1 is 0.317 bits per heavy atom. The second-order valence-electron chi connectivity index (χ2n) is 10.9. The molecule has 0 amide bonds. The molecule has 41 heavy (non-hydrogen) atoms. The van der Waals surface area contributed by atoms with Gasteiger partial charge in [0, 0.05) is 10.8 Å². The van der Waals surface area contributed by atoms with E-state index in [1.54, 1.807) is 0 Å². The predicted molar refractivity (Wildman–Crippen MR) is 175 cm³/mol. The largest absolute Gasteiger partial charge is 0.456 e. The van der Waals surface area contributed by atoms with Crippen LogP contribution in [-0.2, 0) is 0 Å². The molecule has 0 spiro atoms. The minimum Gasteiger partial charge on any atom is -0.456 e. The van der Waals surface area contributed by atoms with E-state index >= 15 is 0 Å². The van der Waals surface area contributed by atoms with Crippen molar-refractivity contribution in [3.63, 3.8) is 0 Å². The van der Waals surface area contributed by atoms with Crippen molar-refractivity contribution in [2.75, 3.05) is 0 Å². The van der Waals surface area contributed by atoms with Gasteiger partial charge in [-0.1, -0.05) is 109 Å². The number of hydrogen-bond acceptors (Lipinski definition) is 1. The molecule has 0 aliphatic rings. The highest BCUT2D eigenvalue weighted by Crippen LogP contribution is 2.43. The van der Waals surface area contributed by atoms with Gasteiger partial charge in [-0.2, -0.15) is 0 Å². The van der Waals surface area contributed by atoms with Gasteiger partial charge in [-0.15, -0.1) is 0 Å². The molecule has 1 heteroatoms. The Balaban J connectivity index is 1.37. The minimum absolute atomic E-state index is 0.921. The highest BCUT2D eigenvalue weighted by molar-refractivity contribution is 6.26. The molecule has 0 fully saturated rings. The van der Waals surface area contributed by atoms with Crippen LogP contribution in [0.4, 0.5) is 0 Å². The third-order valence-corrected chi connectivity index (χ3v) is 8.61. The predicted octanol–water partition coefficient (Wildman–Crippen LogP) is 11.5. The van der Waals surface area contributed by atoms with Crippen LogP contribution in [0.15, 0.2) is 150 Å². The van der Waals surface area contributed by atoms with E-state index in [4.69, 9.17) is 4.42 Å². The smallest absolute Gasteiger partial charge is 0.135 e. The van der Waals surface area contributed by atoms with Crippen molar-refractivity contribution in [3.05, 3.63) is 146 Å². The molecule has 9 aromatic rings. The van der Waals surface area contributed by atoms with E-state index in [-0.39, 0.29) is 0 Å². The fourth-order valence-electron chi connectivity index (χ4n) is 6.71. The van der Waals surface area contributed by atoms with Crippen LogP contribution in [0.1, 0.15) is 0 Å². The summed E-state index contributed by atoms with van der Waals surface area (Å²) >= 11 is 0. The monoisotopic (exact) mass is 520 g/mol. The van der Waals surface area contributed by atoms with E-state index in [1.807, 2.05) is 12.1 Å². The van der Waals surface area contributed by atoms with Crippen LogP contribution in [0.5, 0.6) is 0 Å². The molecule has 190 valence electrons. The molecule has 8 aromatic carbocycles. The fraction of sp³-hybridized carbons (Fsp3) is 0. The lowest BCUT2D eigenvalue weighted by Gasteiger charge is -2.16. The van der Waals surface area contributed by atoms with Crippen LogP contribution in [0.3, 0.4) is 0 Å². The molecule has 9 rings (SSSR count). The number of rotatable bonds is 2. The molecule has 0 N–H and O–H groups in total. The topological polar surface area (TPSA) is 13.1 Å². The Morgan fingerprint density at radius 2 is 0.854 bits per heavy atom. The highest BCUT2D eigenvalue weighted by Gasteiger charge is 2.16. The maximum atomic E-state index is 6.14. The molecule has 0 bridgehead atoms. The Kier molecular flexibility index (Phi) is 4.67. The lowest BCUT2D eigenvalue weighted by molar-refractivity contribution is 0.669. The van der Waals surface area contributed by atoms with Crippen molar-refractivity contribution in [1.29, 1.82) is 0 Å². The molecule has 0 saturated heterocycles. The van der Waals surface area contributed by atoms with Gasteiger partial charge in [-0.25, -0.2) is 0 Å².